The molecule has 2 fully saturated rings. The first-order valence-corrected chi connectivity index (χ1v) is 13.9. The summed E-state index contributed by atoms with van der Waals surface area (Å²) < 4.78 is 41.7. The summed E-state index contributed by atoms with van der Waals surface area (Å²) in [6.07, 6.45) is 1.98. The number of nitrogens with one attached hydrogen (secondary N) is 2. The van der Waals surface area contributed by atoms with Crippen LogP contribution in [0.3, 0.4) is 0 Å². The van der Waals surface area contributed by atoms with Gasteiger partial charge in [0.05, 0.1) is 33.6 Å². The molecule has 0 radical (unpaired) electrons. The van der Waals surface area contributed by atoms with Crippen LogP contribution >= 0.6 is 23.2 Å². The van der Waals surface area contributed by atoms with Crippen molar-refractivity contribution in [1.82, 2.24) is 19.5 Å². The topological polar surface area (TPSA) is 131 Å². The van der Waals surface area contributed by atoms with Crippen LogP contribution in [0.5, 0.6) is 0 Å². The Morgan fingerprint density at radius 2 is 1.82 bits per heavy atom. The van der Waals surface area contributed by atoms with E-state index in [0.29, 0.717) is 49.2 Å². The van der Waals surface area contributed by atoms with Crippen LogP contribution in [0.4, 0.5) is 30.8 Å². The van der Waals surface area contributed by atoms with E-state index in [-0.39, 0.29) is 45.8 Å². The molecule has 0 spiro atoms. The first-order valence-electron chi connectivity index (χ1n) is 13.2. The van der Waals surface area contributed by atoms with Gasteiger partial charge in [-0.2, -0.15) is 18.2 Å². The van der Waals surface area contributed by atoms with Gasteiger partial charge < -0.3 is 21.5 Å². The van der Waals surface area contributed by atoms with Crippen LogP contribution in [0.15, 0.2) is 18.3 Å². The number of amides is 1. The summed E-state index contributed by atoms with van der Waals surface area (Å²) in [7, 11) is 0. The van der Waals surface area contributed by atoms with Crippen molar-refractivity contribution < 1.29 is 23.1 Å². The number of primary amides is 1. The van der Waals surface area contributed by atoms with Gasteiger partial charge in [-0.05, 0) is 63.5 Å². The minimum Gasteiger partial charge on any atom is -0.393 e. The molecule has 0 unspecified atom stereocenters. The number of aliphatic hydroxyl groups is 1. The average molecular weight is 600 g/mol. The van der Waals surface area contributed by atoms with Crippen LogP contribution in [0, 0.1) is 5.41 Å². The first kappa shape index (κ1) is 28.7. The Labute approximate surface area is 238 Å². The number of hydrogen-bond acceptors (Lipinski definition) is 7. The highest BCUT2D eigenvalue weighted by molar-refractivity contribution is 6.39. The number of alkyl halides is 3. The summed E-state index contributed by atoms with van der Waals surface area (Å²) in [6, 6.07) is 1.49. The van der Waals surface area contributed by atoms with Gasteiger partial charge in [0, 0.05) is 17.5 Å². The molecule has 2 saturated carbocycles. The van der Waals surface area contributed by atoms with Gasteiger partial charge in [-0.3, -0.25) is 9.36 Å². The Kier molecular flexibility index (Phi) is 7.79. The summed E-state index contributed by atoms with van der Waals surface area (Å²) >= 11 is 12.5. The van der Waals surface area contributed by atoms with E-state index in [1.54, 1.807) is 6.20 Å². The van der Waals surface area contributed by atoms with Crippen molar-refractivity contribution in [2.24, 2.45) is 11.1 Å². The van der Waals surface area contributed by atoms with Crippen LogP contribution in [-0.2, 0) is 11.0 Å². The van der Waals surface area contributed by atoms with Crippen molar-refractivity contribution in [3.05, 3.63) is 33.9 Å². The second-order valence-electron chi connectivity index (χ2n) is 11.0. The number of carbonyl (C=O) groups is 1. The molecule has 2 heterocycles. The number of nitrogens with two attached hydrogens (primary N) is 1. The highest BCUT2D eigenvalue weighted by atomic mass is 35.5. The van der Waals surface area contributed by atoms with Gasteiger partial charge in [-0.1, -0.05) is 30.1 Å². The quantitative estimate of drug-likeness (QED) is 0.264. The van der Waals surface area contributed by atoms with Crippen LogP contribution in [0.2, 0.25) is 10.0 Å². The molecule has 5 N–H and O–H groups in total. The lowest BCUT2D eigenvalue weighted by Gasteiger charge is -2.35. The molecule has 2 aliphatic carbocycles. The predicted octanol–water partition coefficient (Wildman–Crippen LogP) is 6.22. The molecule has 0 aliphatic heterocycles. The maximum absolute atomic E-state index is 13.3. The standard InChI is InChI=1S/C26H30Cl2F3N7O2/c1-25(22(32)40)7-5-15(6-8-25)38-21-19(12-33-23(37-21)34-14-3-2-4-16(39)11-14)35-24(38)36-20-17(27)9-13(10-18(20)28)26(29,30)31/h9-10,12,14-16,39H,2-8,11H2,1H3,(H2,32,40)(H,35,36)(H,33,34,37)/t14-,15-,16+,25+/m1/s1. The van der Waals surface area contributed by atoms with Crippen LogP contribution < -0.4 is 16.4 Å². The van der Waals surface area contributed by atoms with E-state index in [1.165, 1.54) is 0 Å². The minimum atomic E-state index is -4.61. The molecule has 9 nitrogen and oxygen atoms in total. The third-order valence-corrected chi connectivity index (χ3v) is 8.63. The van der Waals surface area contributed by atoms with Crippen molar-refractivity contribution in [3.63, 3.8) is 0 Å². The zero-order valence-corrected chi connectivity index (χ0v) is 23.2. The molecule has 2 aliphatic rings. The van der Waals surface area contributed by atoms with E-state index < -0.39 is 17.2 Å². The second-order valence-corrected chi connectivity index (χ2v) is 11.8. The van der Waals surface area contributed by atoms with E-state index in [1.807, 2.05) is 11.5 Å². The normalized spacial score (nSPS) is 25.6. The number of benzene rings is 1. The zero-order valence-electron chi connectivity index (χ0n) is 21.7. The van der Waals surface area contributed by atoms with Gasteiger partial charge in [-0.25, -0.2) is 9.97 Å². The molecule has 2 atom stereocenters. The number of nitrogens with zero attached hydrogens (tertiary/aromatic N) is 4. The SMILES string of the molecule is C[C@]1(C(N)=O)CC[C@@H](n2c(Nc3c(Cl)cc(C(F)(F)F)cc3Cl)nc3cnc(N[C@@H]4CCC[C@H](O)C4)nc32)CC1. The lowest BCUT2D eigenvalue weighted by molar-refractivity contribution is -0.137. The van der Waals surface area contributed by atoms with Gasteiger partial charge >= 0.3 is 6.18 Å². The third-order valence-electron chi connectivity index (χ3n) is 8.04. The largest absolute Gasteiger partial charge is 0.416 e. The Balaban J connectivity index is 1.53. The Morgan fingerprint density at radius 3 is 2.42 bits per heavy atom. The molecule has 216 valence electrons. The van der Waals surface area contributed by atoms with Crippen molar-refractivity contribution in [2.45, 2.75) is 82.7 Å². The fourth-order valence-electron chi connectivity index (χ4n) is 5.58. The number of hydrogen-bond donors (Lipinski definition) is 4. The van der Waals surface area contributed by atoms with Gasteiger partial charge in [0.1, 0.15) is 5.52 Å². The second kappa shape index (κ2) is 10.9. The van der Waals surface area contributed by atoms with Crippen molar-refractivity contribution >= 4 is 57.9 Å². The van der Waals surface area contributed by atoms with Crippen molar-refractivity contribution in [3.8, 4) is 0 Å². The predicted molar refractivity (Wildman–Crippen MR) is 147 cm³/mol. The summed E-state index contributed by atoms with van der Waals surface area (Å²) in [4.78, 5) is 25.8. The number of aromatic nitrogens is 4. The van der Waals surface area contributed by atoms with Crippen LogP contribution in [-0.4, -0.2) is 42.7 Å². The number of carbonyl (C=O) groups excluding carboxylic acids is 1. The Hall–Kier alpha value is -2.83. The van der Waals surface area contributed by atoms with Crippen LogP contribution in [0.1, 0.15) is 69.9 Å². The summed E-state index contributed by atoms with van der Waals surface area (Å²) in [6.45, 7) is 1.85. The van der Waals surface area contributed by atoms with E-state index in [2.05, 4.69) is 20.6 Å². The van der Waals surface area contributed by atoms with Crippen molar-refractivity contribution in [1.29, 1.82) is 0 Å². The van der Waals surface area contributed by atoms with Gasteiger partial charge in [0.2, 0.25) is 17.8 Å². The monoisotopic (exact) mass is 599 g/mol. The maximum atomic E-state index is 13.3. The van der Waals surface area contributed by atoms with E-state index >= 15 is 0 Å². The number of rotatable bonds is 6. The first-order chi connectivity index (χ1) is 18.8. The highest BCUT2D eigenvalue weighted by Gasteiger charge is 2.38. The van der Waals surface area contributed by atoms with Crippen LogP contribution in [0.25, 0.3) is 11.2 Å². The molecule has 1 aromatic carbocycles. The number of imidazole rings is 1. The van der Waals surface area contributed by atoms with Gasteiger partial charge in [0.15, 0.2) is 5.65 Å². The fraction of sp³-hybridized carbons (Fsp3) is 0.538. The Bertz CT molecular complexity index is 1400. The third kappa shape index (κ3) is 5.80. The average Bonchev–Trinajstić information content (AvgIpc) is 3.23. The minimum absolute atomic E-state index is 0.0193. The Morgan fingerprint density at radius 1 is 1.15 bits per heavy atom. The van der Waals surface area contributed by atoms with Gasteiger partial charge in [-0.15, -0.1) is 0 Å². The smallest absolute Gasteiger partial charge is 0.393 e. The van der Waals surface area contributed by atoms with Gasteiger partial charge in [0.25, 0.3) is 0 Å². The number of aliphatic hydroxyl groups excluding tert-OH is 1. The number of anilines is 3. The molecule has 0 bridgehead atoms. The van der Waals surface area contributed by atoms with E-state index in [4.69, 9.17) is 33.9 Å². The number of fused-ring (bicyclic) bond motifs is 1. The van der Waals surface area contributed by atoms with E-state index in [0.717, 1.165) is 31.4 Å². The maximum Gasteiger partial charge on any atom is 0.416 e. The zero-order chi connectivity index (χ0) is 28.8. The molecule has 1 amide bonds. The fourth-order valence-corrected chi connectivity index (χ4v) is 6.17. The van der Waals surface area contributed by atoms with Crippen molar-refractivity contribution in [2.75, 3.05) is 10.6 Å². The number of halogens is 5. The molecule has 5 rings (SSSR count). The lowest BCUT2D eigenvalue weighted by Crippen LogP contribution is -2.38. The lowest BCUT2D eigenvalue weighted by atomic mass is 9.73. The molecule has 2 aromatic heterocycles. The molecule has 3 aromatic rings. The highest BCUT2D eigenvalue weighted by Crippen LogP contribution is 2.44. The van der Waals surface area contributed by atoms with E-state index in [9.17, 15) is 23.1 Å². The summed E-state index contributed by atoms with van der Waals surface area (Å²) in [5.41, 5.74) is 5.09. The molecule has 0 saturated heterocycles. The molecular weight excluding hydrogens is 570 g/mol. The summed E-state index contributed by atoms with van der Waals surface area (Å²) in [5.74, 6) is 0.306. The molecule has 40 heavy (non-hydrogen) atoms. The molecular formula is C26H30Cl2F3N7O2. The molecule has 14 heteroatoms. The summed E-state index contributed by atoms with van der Waals surface area (Å²) in [5, 5.41) is 16.0.